The molecular formula is C13H26N6. The van der Waals surface area contributed by atoms with Crippen LogP contribution >= 0.6 is 0 Å². The number of hydrogen-bond acceptors (Lipinski definition) is 3. The Morgan fingerprint density at radius 1 is 1.37 bits per heavy atom. The lowest BCUT2D eigenvalue weighted by atomic mass is 10.1. The quantitative estimate of drug-likeness (QED) is 0.603. The van der Waals surface area contributed by atoms with E-state index < -0.39 is 0 Å². The third kappa shape index (κ3) is 4.89. The van der Waals surface area contributed by atoms with Gasteiger partial charge in [0.2, 0.25) is 0 Å². The number of aryl methyl sites for hydroxylation is 1. The van der Waals surface area contributed by atoms with E-state index >= 15 is 0 Å². The Kier molecular flexibility index (Phi) is 6.32. The molecule has 0 aliphatic carbocycles. The van der Waals surface area contributed by atoms with E-state index in [9.17, 15) is 0 Å². The molecule has 1 rings (SSSR count). The minimum atomic E-state index is 0.377. The fraction of sp³-hybridized carbons (Fsp3) is 0.769. The van der Waals surface area contributed by atoms with Crippen molar-refractivity contribution < 1.29 is 0 Å². The highest BCUT2D eigenvalue weighted by molar-refractivity contribution is 5.80. The van der Waals surface area contributed by atoms with Gasteiger partial charge in [-0.05, 0) is 26.7 Å². The number of guanidine groups is 1. The lowest BCUT2D eigenvalue weighted by Gasteiger charge is -2.20. The zero-order chi connectivity index (χ0) is 14.3. The number of aliphatic imine (C=N–C) groups is 1. The monoisotopic (exact) mass is 266 g/mol. The highest BCUT2D eigenvalue weighted by atomic mass is 15.3. The van der Waals surface area contributed by atoms with Crippen LogP contribution in [0.4, 0.5) is 0 Å². The summed E-state index contributed by atoms with van der Waals surface area (Å²) in [4.78, 5) is 4.56. The van der Waals surface area contributed by atoms with E-state index in [4.69, 9.17) is 0 Å². The van der Waals surface area contributed by atoms with Crippen molar-refractivity contribution in [3.63, 3.8) is 0 Å². The van der Waals surface area contributed by atoms with Gasteiger partial charge in [-0.25, -0.2) is 4.99 Å². The van der Waals surface area contributed by atoms with Gasteiger partial charge >= 0.3 is 0 Å². The molecular weight excluding hydrogens is 240 g/mol. The van der Waals surface area contributed by atoms with Crippen LogP contribution in [0.5, 0.6) is 0 Å². The zero-order valence-electron chi connectivity index (χ0n) is 12.6. The zero-order valence-corrected chi connectivity index (χ0v) is 12.6. The fourth-order valence-corrected chi connectivity index (χ4v) is 1.52. The van der Waals surface area contributed by atoms with E-state index in [1.54, 1.807) is 6.33 Å². The maximum absolute atomic E-state index is 4.56. The molecule has 0 aliphatic heterocycles. The molecule has 1 heterocycles. The third-order valence-corrected chi connectivity index (χ3v) is 3.12. The first-order valence-electron chi connectivity index (χ1n) is 7.00. The van der Waals surface area contributed by atoms with Gasteiger partial charge in [0.1, 0.15) is 12.9 Å². The van der Waals surface area contributed by atoms with E-state index in [1.165, 1.54) is 0 Å². The molecule has 0 radical (unpaired) electrons. The number of nitrogens with zero attached hydrogens (tertiary/aromatic N) is 4. The van der Waals surface area contributed by atoms with Crippen LogP contribution in [0.2, 0.25) is 0 Å². The summed E-state index contributed by atoms with van der Waals surface area (Å²) in [5.41, 5.74) is 0. The predicted octanol–water partition coefficient (Wildman–Crippen LogP) is 1.40. The summed E-state index contributed by atoms with van der Waals surface area (Å²) in [7, 11) is 0. The van der Waals surface area contributed by atoms with E-state index in [0.717, 1.165) is 24.9 Å². The van der Waals surface area contributed by atoms with Crippen LogP contribution in [0, 0.1) is 5.92 Å². The predicted molar refractivity (Wildman–Crippen MR) is 77.9 cm³/mol. The standard InChI is InChI=1S/C13H26N6/c1-6-14-13(17-11(5)10(3)4)15-8-12-18-16-9-19(12)7-2/h9-11H,6-8H2,1-5H3,(H2,14,15,17). The Hall–Kier alpha value is -1.59. The summed E-state index contributed by atoms with van der Waals surface area (Å²) in [5, 5.41) is 14.6. The number of nitrogens with one attached hydrogen (secondary N) is 2. The average molecular weight is 266 g/mol. The molecule has 19 heavy (non-hydrogen) atoms. The summed E-state index contributed by atoms with van der Waals surface area (Å²) in [6.07, 6.45) is 1.74. The SMILES string of the molecule is CCNC(=NCc1nncn1CC)NC(C)C(C)C. The molecule has 1 atom stereocenters. The van der Waals surface area contributed by atoms with Crippen LogP contribution in [0.1, 0.15) is 40.4 Å². The van der Waals surface area contributed by atoms with Gasteiger partial charge in [-0.3, -0.25) is 0 Å². The molecule has 108 valence electrons. The van der Waals surface area contributed by atoms with E-state index in [2.05, 4.69) is 60.4 Å². The van der Waals surface area contributed by atoms with Crippen LogP contribution in [0.25, 0.3) is 0 Å². The molecule has 6 nitrogen and oxygen atoms in total. The molecule has 1 unspecified atom stereocenters. The largest absolute Gasteiger partial charge is 0.357 e. The summed E-state index contributed by atoms with van der Waals surface area (Å²) in [5.74, 6) is 2.27. The summed E-state index contributed by atoms with van der Waals surface area (Å²) in [6, 6.07) is 0.377. The van der Waals surface area contributed by atoms with Crippen LogP contribution in [-0.4, -0.2) is 33.3 Å². The Morgan fingerprint density at radius 3 is 2.68 bits per heavy atom. The van der Waals surface area contributed by atoms with Crippen molar-refractivity contribution >= 4 is 5.96 Å². The molecule has 6 heteroatoms. The van der Waals surface area contributed by atoms with Crippen LogP contribution in [0.15, 0.2) is 11.3 Å². The second-order valence-corrected chi connectivity index (χ2v) is 4.91. The molecule has 2 N–H and O–H groups in total. The van der Waals surface area contributed by atoms with Crippen LogP contribution in [0.3, 0.4) is 0 Å². The van der Waals surface area contributed by atoms with Crippen molar-refractivity contribution in [2.24, 2.45) is 10.9 Å². The minimum absolute atomic E-state index is 0.377. The maximum atomic E-state index is 4.56. The highest BCUT2D eigenvalue weighted by Gasteiger charge is 2.09. The molecule has 0 amide bonds. The van der Waals surface area contributed by atoms with Crippen molar-refractivity contribution in [1.82, 2.24) is 25.4 Å². The first-order chi connectivity index (χ1) is 9.08. The normalized spacial score (nSPS) is 13.7. The molecule has 1 aromatic rings. The summed E-state index contributed by atoms with van der Waals surface area (Å²) >= 11 is 0. The molecule has 1 aromatic heterocycles. The van der Waals surface area contributed by atoms with Gasteiger partial charge in [0.05, 0.1) is 0 Å². The summed E-state index contributed by atoms with van der Waals surface area (Å²) in [6.45, 7) is 12.9. The Bertz CT molecular complexity index is 396. The highest BCUT2D eigenvalue weighted by Crippen LogP contribution is 2.00. The van der Waals surface area contributed by atoms with Crippen molar-refractivity contribution in [2.75, 3.05) is 6.54 Å². The molecule has 0 spiro atoms. The fourth-order valence-electron chi connectivity index (χ4n) is 1.52. The van der Waals surface area contributed by atoms with Gasteiger partial charge in [-0.15, -0.1) is 10.2 Å². The first kappa shape index (κ1) is 15.5. The summed E-state index contributed by atoms with van der Waals surface area (Å²) < 4.78 is 2.00. The van der Waals surface area contributed by atoms with Crippen molar-refractivity contribution in [3.8, 4) is 0 Å². The molecule has 0 saturated heterocycles. The van der Waals surface area contributed by atoms with E-state index in [0.29, 0.717) is 18.5 Å². The number of rotatable bonds is 6. The third-order valence-electron chi connectivity index (χ3n) is 3.12. The maximum Gasteiger partial charge on any atom is 0.191 e. The van der Waals surface area contributed by atoms with Crippen molar-refractivity contribution in [2.45, 2.75) is 53.8 Å². The molecule has 0 aromatic carbocycles. The lowest BCUT2D eigenvalue weighted by molar-refractivity contribution is 0.480. The van der Waals surface area contributed by atoms with Gasteiger partial charge in [-0.1, -0.05) is 13.8 Å². The van der Waals surface area contributed by atoms with Gasteiger partial charge in [-0.2, -0.15) is 0 Å². The van der Waals surface area contributed by atoms with Gasteiger partial charge in [0.25, 0.3) is 0 Å². The van der Waals surface area contributed by atoms with Gasteiger partial charge in [0.15, 0.2) is 11.8 Å². The van der Waals surface area contributed by atoms with Crippen molar-refractivity contribution in [1.29, 1.82) is 0 Å². The smallest absolute Gasteiger partial charge is 0.191 e. The molecule has 0 fully saturated rings. The second-order valence-electron chi connectivity index (χ2n) is 4.91. The van der Waals surface area contributed by atoms with Crippen molar-refractivity contribution in [3.05, 3.63) is 12.2 Å². The topological polar surface area (TPSA) is 67.1 Å². The molecule has 0 bridgehead atoms. The van der Waals surface area contributed by atoms with Gasteiger partial charge < -0.3 is 15.2 Å². The minimum Gasteiger partial charge on any atom is -0.357 e. The van der Waals surface area contributed by atoms with Crippen LogP contribution in [-0.2, 0) is 13.1 Å². The van der Waals surface area contributed by atoms with Gasteiger partial charge in [0, 0.05) is 19.1 Å². The number of aromatic nitrogens is 3. The molecule has 0 aliphatic rings. The molecule has 0 saturated carbocycles. The lowest BCUT2D eigenvalue weighted by Crippen LogP contribution is -2.44. The first-order valence-corrected chi connectivity index (χ1v) is 7.00. The second kappa shape index (κ2) is 7.76. The Morgan fingerprint density at radius 2 is 2.11 bits per heavy atom. The Labute approximate surface area is 115 Å². The van der Waals surface area contributed by atoms with E-state index in [1.807, 2.05) is 4.57 Å². The number of hydrogen-bond donors (Lipinski definition) is 2. The average Bonchev–Trinajstić information content (AvgIpc) is 2.83. The Balaban J connectivity index is 2.67. The van der Waals surface area contributed by atoms with E-state index in [-0.39, 0.29) is 0 Å². The van der Waals surface area contributed by atoms with Crippen LogP contribution < -0.4 is 10.6 Å².